The molecule has 0 saturated carbocycles. The number of carbonyl (C=O) groups is 1. The van der Waals surface area contributed by atoms with Crippen LogP contribution < -0.4 is 0 Å². The van der Waals surface area contributed by atoms with Gasteiger partial charge in [0.2, 0.25) is 0 Å². The van der Waals surface area contributed by atoms with Gasteiger partial charge in [-0.3, -0.25) is 9.89 Å². The molecule has 0 aliphatic carbocycles. The number of nitrogens with zero attached hydrogens (tertiary/aromatic N) is 3. The van der Waals surface area contributed by atoms with Crippen LogP contribution in [0.25, 0.3) is 10.9 Å². The van der Waals surface area contributed by atoms with Crippen LogP contribution in [0.1, 0.15) is 29.0 Å². The summed E-state index contributed by atoms with van der Waals surface area (Å²) in [5, 5.41) is 7.94. The number of hydrogen-bond donors (Lipinski definition) is 1. The van der Waals surface area contributed by atoms with Crippen molar-refractivity contribution in [2.45, 2.75) is 19.5 Å². The summed E-state index contributed by atoms with van der Waals surface area (Å²) in [6.07, 6.45) is 3.82. The average molecular weight is 280 g/mol. The summed E-state index contributed by atoms with van der Waals surface area (Å²) in [6.45, 7) is 3.65. The Hall–Kier alpha value is -2.56. The minimum atomic E-state index is 0.0600. The fourth-order valence-electron chi connectivity index (χ4n) is 3.16. The van der Waals surface area contributed by atoms with Crippen molar-refractivity contribution in [1.82, 2.24) is 19.7 Å². The number of fused-ring (bicyclic) bond motifs is 2. The third kappa shape index (κ3) is 1.77. The van der Waals surface area contributed by atoms with Crippen molar-refractivity contribution in [3.63, 3.8) is 0 Å². The third-order valence-corrected chi connectivity index (χ3v) is 4.31. The number of rotatable bonds is 1. The summed E-state index contributed by atoms with van der Waals surface area (Å²) >= 11 is 0. The first-order valence-corrected chi connectivity index (χ1v) is 7.14. The molecule has 3 heterocycles. The number of aromatic nitrogens is 3. The highest BCUT2D eigenvalue weighted by molar-refractivity contribution is 6.05. The Morgan fingerprint density at radius 3 is 3.10 bits per heavy atom. The molecule has 1 amide bonds. The Balaban J connectivity index is 1.74. The molecule has 0 spiro atoms. The number of benzene rings is 1. The molecule has 3 aromatic rings. The molecule has 1 atom stereocenters. The molecular weight excluding hydrogens is 264 g/mol. The van der Waals surface area contributed by atoms with Gasteiger partial charge in [-0.2, -0.15) is 5.10 Å². The van der Waals surface area contributed by atoms with Crippen LogP contribution in [-0.4, -0.2) is 32.1 Å². The van der Waals surface area contributed by atoms with Crippen molar-refractivity contribution in [2.75, 3.05) is 6.54 Å². The molecule has 0 bridgehead atoms. The van der Waals surface area contributed by atoms with Crippen LogP contribution >= 0.6 is 0 Å². The molecule has 21 heavy (non-hydrogen) atoms. The molecule has 1 aromatic carbocycles. The predicted octanol–water partition coefficient (Wildman–Crippen LogP) is 2.58. The molecule has 4 rings (SSSR count). The fourth-order valence-corrected chi connectivity index (χ4v) is 3.16. The van der Waals surface area contributed by atoms with E-state index in [1.807, 2.05) is 29.2 Å². The number of aromatic amines is 1. The number of nitrogens with one attached hydrogen (secondary N) is 1. The van der Waals surface area contributed by atoms with E-state index in [9.17, 15) is 4.79 Å². The molecule has 1 aliphatic heterocycles. The summed E-state index contributed by atoms with van der Waals surface area (Å²) in [5.41, 5.74) is 2.69. The second kappa shape index (κ2) is 4.48. The first-order chi connectivity index (χ1) is 10.3. The molecule has 0 unspecified atom stereocenters. The SMILES string of the molecule is C[C@@H]1c2cccn2CCN1C(=O)c1cccc2cn[nH]c12. The van der Waals surface area contributed by atoms with Gasteiger partial charge < -0.3 is 9.47 Å². The first-order valence-electron chi connectivity index (χ1n) is 7.14. The predicted molar refractivity (Wildman–Crippen MR) is 80.0 cm³/mol. The lowest BCUT2D eigenvalue weighted by Crippen LogP contribution is -2.40. The van der Waals surface area contributed by atoms with Crippen molar-refractivity contribution < 1.29 is 4.79 Å². The highest BCUT2D eigenvalue weighted by atomic mass is 16.2. The van der Waals surface area contributed by atoms with E-state index in [0.29, 0.717) is 5.56 Å². The van der Waals surface area contributed by atoms with Gasteiger partial charge >= 0.3 is 0 Å². The molecule has 0 saturated heterocycles. The van der Waals surface area contributed by atoms with Crippen LogP contribution in [0.5, 0.6) is 0 Å². The average Bonchev–Trinajstić information content (AvgIpc) is 3.15. The van der Waals surface area contributed by atoms with E-state index < -0.39 is 0 Å². The van der Waals surface area contributed by atoms with E-state index in [-0.39, 0.29) is 11.9 Å². The highest BCUT2D eigenvalue weighted by Gasteiger charge is 2.29. The van der Waals surface area contributed by atoms with Gasteiger partial charge in [0.1, 0.15) is 0 Å². The third-order valence-electron chi connectivity index (χ3n) is 4.31. The molecular formula is C16H16N4O. The smallest absolute Gasteiger partial charge is 0.256 e. The molecule has 5 heteroatoms. The molecule has 0 fully saturated rings. The monoisotopic (exact) mass is 280 g/mol. The first kappa shape index (κ1) is 12.2. The minimum absolute atomic E-state index is 0.0600. The Bertz CT molecular complexity index is 816. The van der Waals surface area contributed by atoms with Gasteiger partial charge in [-0.05, 0) is 25.1 Å². The van der Waals surface area contributed by atoms with Gasteiger partial charge in [0, 0.05) is 30.4 Å². The molecule has 5 nitrogen and oxygen atoms in total. The number of H-pyrrole nitrogens is 1. The number of hydrogen-bond acceptors (Lipinski definition) is 2. The number of para-hydroxylation sites is 1. The van der Waals surface area contributed by atoms with E-state index in [1.54, 1.807) is 6.20 Å². The molecule has 2 aromatic heterocycles. The van der Waals surface area contributed by atoms with Crippen LogP contribution in [0.3, 0.4) is 0 Å². The van der Waals surface area contributed by atoms with Crippen molar-refractivity contribution >= 4 is 16.8 Å². The summed E-state index contributed by atoms with van der Waals surface area (Å²) in [5.74, 6) is 0.0600. The lowest BCUT2D eigenvalue weighted by Gasteiger charge is -2.35. The van der Waals surface area contributed by atoms with E-state index in [0.717, 1.165) is 24.0 Å². The van der Waals surface area contributed by atoms with Crippen molar-refractivity contribution in [3.05, 3.63) is 54.0 Å². The summed E-state index contributed by atoms with van der Waals surface area (Å²) in [6, 6.07) is 9.93. The maximum atomic E-state index is 12.9. The quantitative estimate of drug-likeness (QED) is 0.745. The van der Waals surface area contributed by atoms with Gasteiger partial charge in [-0.15, -0.1) is 0 Å². The zero-order valence-electron chi connectivity index (χ0n) is 11.8. The van der Waals surface area contributed by atoms with Gasteiger partial charge in [0.15, 0.2) is 0 Å². The molecule has 106 valence electrons. The van der Waals surface area contributed by atoms with Crippen molar-refractivity contribution in [3.8, 4) is 0 Å². The second-order valence-electron chi connectivity index (χ2n) is 5.44. The van der Waals surface area contributed by atoms with Crippen LogP contribution in [0.4, 0.5) is 0 Å². The summed E-state index contributed by atoms with van der Waals surface area (Å²) in [4.78, 5) is 14.9. The second-order valence-corrected chi connectivity index (χ2v) is 5.44. The van der Waals surface area contributed by atoms with Crippen LogP contribution in [0, 0.1) is 0 Å². The van der Waals surface area contributed by atoms with E-state index >= 15 is 0 Å². The van der Waals surface area contributed by atoms with E-state index in [1.165, 1.54) is 5.69 Å². The maximum absolute atomic E-state index is 12.9. The van der Waals surface area contributed by atoms with Gasteiger partial charge in [-0.1, -0.05) is 12.1 Å². The standard InChI is InChI=1S/C16H16N4O/c1-11-14-6-3-7-19(14)8-9-20(11)16(21)13-5-2-4-12-10-17-18-15(12)13/h2-7,10-11H,8-9H2,1H3,(H,17,18)/t11-/m1/s1. The van der Waals surface area contributed by atoms with Gasteiger partial charge in [0.25, 0.3) is 5.91 Å². The van der Waals surface area contributed by atoms with Crippen LogP contribution in [-0.2, 0) is 6.54 Å². The topological polar surface area (TPSA) is 53.9 Å². The van der Waals surface area contributed by atoms with Crippen LogP contribution in [0.2, 0.25) is 0 Å². The van der Waals surface area contributed by atoms with Crippen molar-refractivity contribution in [1.29, 1.82) is 0 Å². The number of carbonyl (C=O) groups excluding carboxylic acids is 1. The Kier molecular flexibility index (Phi) is 2.60. The minimum Gasteiger partial charge on any atom is -0.348 e. The highest BCUT2D eigenvalue weighted by Crippen LogP contribution is 2.28. The maximum Gasteiger partial charge on any atom is 0.256 e. The summed E-state index contributed by atoms with van der Waals surface area (Å²) in [7, 11) is 0. The summed E-state index contributed by atoms with van der Waals surface area (Å²) < 4.78 is 2.21. The zero-order valence-corrected chi connectivity index (χ0v) is 11.8. The Morgan fingerprint density at radius 2 is 2.19 bits per heavy atom. The van der Waals surface area contributed by atoms with Crippen molar-refractivity contribution in [2.24, 2.45) is 0 Å². The number of amides is 1. The molecule has 0 radical (unpaired) electrons. The van der Waals surface area contributed by atoms with Gasteiger partial charge in [-0.25, -0.2) is 0 Å². The van der Waals surface area contributed by atoms with Crippen LogP contribution in [0.15, 0.2) is 42.7 Å². The lowest BCUT2D eigenvalue weighted by atomic mass is 10.1. The molecule has 1 aliphatic rings. The Labute approximate surface area is 122 Å². The fraction of sp³-hybridized carbons (Fsp3) is 0.250. The zero-order chi connectivity index (χ0) is 14.4. The van der Waals surface area contributed by atoms with E-state index in [4.69, 9.17) is 0 Å². The largest absolute Gasteiger partial charge is 0.348 e. The van der Waals surface area contributed by atoms with E-state index in [2.05, 4.69) is 34.0 Å². The Morgan fingerprint density at radius 1 is 1.29 bits per heavy atom. The normalized spacial score (nSPS) is 18.0. The lowest BCUT2D eigenvalue weighted by molar-refractivity contribution is 0.0646. The van der Waals surface area contributed by atoms with Gasteiger partial charge in [0.05, 0.1) is 23.3 Å². The molecule has 1 N–H and O–H groups in total.